The molecule has 8 rings (SSSR count). The Hall–Kier alpha value is -3.55. The number of hydrogen-bond acceptors (Lipinski definition) is 6. The molecular formula is C35H32O6. The maximum absolute atomic E-state index is 13.4. The fraction of sp³-hybridized carbons (Fsp3) is 0.343. The maximum Gasteiger partial charge on any atom is 0.339 e. The second-order valence-corrected chi connectivity index (χ2v) is 11.6. The van der Waals surface area contributed by atoms with Crippen molar-refractivity contribution in [2.45, 2.75) is 51.1 Å². The van der Waals surface area contributed by atoms with Gasteiger partial charge in [-0.1, -0.05) is 25.5 Å². The molecule has 4 aliphatic heterocycles. The number of esters is 1. The van der Waals surface area contributed by atoms with E-state index < -0.39 is 0 Å². The van der Waals surface area contributed by atoms with Crippen LogP contribution < -0.4 is 4.74 Å². The molecule has 0 radical (unpaired) electrons. The molecule has 6 heteroatoms. The third kappa shape index (κ3) is 4.95. The van der Waals surface area contributed by atoms with Crippen molar-refractivity contribution < 1.29 is 28.5 Å². The average Bonchev–Trinajstić information content (AvgIpc) is 3.79. The summed E-state index contributed by atoms with van der Waals surface area (Å²) >= 11 is 0. The molecule has 0 aliphatic carbocycles. The van der Waals surface area contributed by atoms with Crippen LogP contribution in [0.15, 0.2) is 60.2 Å². The van der Waals surface area contributed by atoms with Crippen molar-refractivity contribution in [1.29, 1.82) is 0 Å². The van der Waals surface area contributed by atoms with Gasteiger partial charge in [-0.25, -0.2) is 4.79 Å². The smallest absolute Gasteiger partial charge is 0.339 e. The highest BCUT2D eigenvalue weighted by Crippen LogP contribution is 2.46. The van der Waals surface area contributed by atoms with Crippen molar-refractivity contribution in [3.05, 3.63) is 93.6 Å². The summed E-state index contributed by atoms with van der Waals surface area (Å²) in [6, 6.07) is 19.0. The molecule has 6 nitrogen and oxygen atoms in total. The van der Waals surface area contributed by atoms with Gasteiger partial charge >= 0.3 is 5.97 Å². The molecule has 41 heavy (non-hydrogen) atoms. The molecule has 0 N–H and O–H groups in total. The first-order valence-electron chi connectivity index (χ1n) is 14.6. The predicted octanol–water partition coefficient (Wildman–Crippen LogP) is 7.24. The molecule has 4 aromatic rings. The first-order chi connectivity index (χ1) is 20.1. The number of benzene rings is 4. The van der Waals surface area contributed by atoms with Gasteiger partial charge in [0.25, 0.3) is 0 Å². The number of fused-ring (bicyclic) bond motifs is 2. The van der Waals surface area contributed by atoms with Gasteiger partial charge in [-0.3, -0.25) is 0 Å². The standard InChI is InChI=1S/C35H32O6/c1-3-4-20-5-7-23(8-6-20)41-35(36)19(2)9-24-25-10-21(31-15-37-31)12-29(33-17-39-33)27(25)14-28-26(24)11-22(32-16-38-32)13-30(28)34-18-40-34/h5-14,31-34H,3-4,15-18H2,1-2H3. The molecule has 4 aromatic carbocycles. The molecule has 4 atom stereocenters. The second kappa shape index (κ2) is 9.78. The first kappa shape index (κ1) is 25.2. The van der Waals surface area contributed by atoms with Crippen molar-refractivity contribution in [2.24, 2.45) is 0 Å². The van der Waals surface area contributed by atoms with Crippen molar-refractivity contribution in [3.8, 4) is 5.75 Å². The van der Waals surface area contributed by atoms with Crippen LogP contribution in [-0.2, 0) is 30.2 Å². The summed E-state index contributed by atoms with van der Waals surface area (Å²) in [6.07, 6.45) is 4.43. The van der Waals surface area contributed by atoms with Gasteiger partial charge in [-0.05, 0) is 117 Å². The lowest BCUT2D eigenvalue weighted by Gasteiger charge is -2.17. The van der Waals surface area contributed by atoms with Crippen LogP contribution in [0.5, 0.6) is 5.75 Å². The molecule has 0 amide bonds. The van der Waals surface area contributed by atoms with Gasteiger partial charge in [0.05, 0.1) is 26.4 Å². The Bertz CT molecular complexity index is 1630. The number of carbonyl (C=O) groups excluding carboxylic acids is 1. The van der Waals surface area contributed by atoms with E-state index in [0.717, 1.165) is 64.3 Å². The lowest BCUT2D eigenvalue weighted by molar-refractivity contribution is -0.130. The third-order valence-electron chi connectivity index (χ3n) is 8.46. The molecule has 0 bridgehead atoms. The van der Waals surface area contributed by atoms with Crippen molar-refractivity contribution in [1.82, 2.24) is 0 Å². The van der Waals surface area contributed by atoms with E-state index in [1.807, 2.05) is 37.3 Å². The lowest BCUT2D eigenvalue weighted by Crippen LogP contribution is -2.09. The molecule has 4 heterocycles. The van der Waals surface area contributed by atoms with Gasteiger partial charge in [0.1, 0.15) is 30.2 Å². The van der Waals surface area contributed by atoms with Crippen LogP contribution in [-0.4, -0.2) is 32.4 Å². The van der Waals surface area contributed by atoms with Crippen LogP contribution in [0.3, 0.4) is 0 Å². The number of ether oxygens (including phenoxy) is 5. The van der Waals surface area contributed by atoms with Crippen LogP contribution in [0.2, 0.25) is 0 Å². The van der Waals surface area contributed by atoms with Crippen LogP contribution in [0.4, 0.5) is 0 Å². The molecular weight excluding hydrogens is 516 g/mol. The highest BCUT2D eigenvalue weighted by Gasteiger charge is 2.34. The minimum absolute atomic E-state index is 0.0759. The van der Waals surface area contributed by atoms with Gasteiger partial charge in [0, 0.05) is 5.57 Å². The normalized spacial score (nSPS) is 24.5. The van der Waals surface area contributed by atoms with Gasteiger partial charge in [0.15, 0.2) is 0 Å². The van der Waals surface area contributed by atoms with Gasteiger partial charge in [-0.2, -0.15) is 0 Å². The summed E-state index contributed by atoms with van der Waals surface area (Å²) in [4.78, 5) is 13.4. The summed E-state index contributed by atoms with van der Waals surface area (Å²) in [6.45, 7) is 6.87. The third-order valence-corrected chi connectivity index (χ3v) is 8.46. The zero-order valence-corrected chi connectivity index (χ0v) is 23.3. The largest absolute Gasteiger partial charge is 0.423 e. The van der Waals surface area contributed by atoms with Crippen molar-refractivity contribution in [2.75, 3.05) is 26.4 Å². The first-order valence-corrected chi connectivity index (χ1v) is 14.6. The molecule has 4 unspecified atom stereocenters. The fourth-order valence-electron chi connectivity index (χ4n) is 5.93. The van der Waals surface area contributed by atoms with E-state index in [-0.39, 0.29) is 30.4 Å². The van der Waals surface area contributed by atoms with E-state index in [1.54, 1.807) is 0 Å². The Morgan fingerprint density at radius 3 is 1.73 bits per heavy atom. The molecule has 4 saturated heterocycles. The fourth-order valence-corrected chi connectivity index (χ4v) is 5.93. The number of epoxide rings is 4. The van der Waals surface area contributed by atoms with E-state index in [9.17, 15) is 4.79 Å². The lowest BCUT2D eigenvalue weighted by atomic mass is 9.87. The minimum atomic E-state index is -0.363. The van der Waals surface area contributed by atoms with E-state index in [2.05, 4.69) is 37.3 Å². The van der Waals surface area contributed by atoms with Crippen LogP contribution in [0, 0.1) is 0 Å². The monoisotopic (exact) mass is 548 g/mol. The highest BCUT2D eigenvalue weighted by molar-refractivity contribution is 6.11. The van der Waals surface area contributed by atoms with Crippen LogP contribution in [0.1, 0.15) is 78.1 Å². The van der Waals surface area contributed by atoms with Gasteiger partial charge in [0.2, 0.25) is 0 Å². The summed E-state index contributed by atoms with van der Waals surface area (Å²) in [5.41, 5.74) is 7.42. The SMILES string of the molecule is CCCc1ccc(OC(=O)C(C)=Cc2c3cc(C4CO4)cc(C4CO4)c3cc3c(C4CO4)cc(C4CO4)cc23)cc1. The van der Waals surface area contributed by atoms with E-state index in [4.69, 9.17) is 23.7 Å². The quantitative estimate of drug-likeness (QED) is 0.0722. The Labute approximate surface area is 238 Å². The van der Waals surface area contributed by atoms with E-state index in [0.29, 0.717) is 24.5 Å². The molecule has 0 saturated carbocycles. The molecule has 0 aromatic heterocycles. The van der Waals surface area contributed by atoms with E-state index >= 15 is 0 Å². The van der Waals surface area contributed by atoms with Crippen LogP contribution in [0.25, 0.3) is 27.6 Å². The van der Waals surface area contributed by atoms with Crippen LogP contribution >= 0.6 is 0 Å². The van der Waals surface area contributed by atoms with Crippen molar-refractivity contribution in [3.63, 3.8) is 0 Å². The van der Waals surface area contributed by atoms with E-state index in [1.165, 1.54) is 16.7 Å². The zero-order valence-electron chi connectivity index (χ0n) is 23.3. The molecule has 4 fully saturated rings. The zero-order chi connectivity index (χ0) is 27.7. The summed E-state index contributed by atoms with van der Waals surface area (Å²) < 4.78 is 28.8. The minimum Gasteiger partial charge on any atom is -0.423 e. The maximum atomic E-state index is 13.4. The predicted molar refractivity (Wildman–Crippen MR) is 156 cm³/mol. The Morgan fingerprint density at radius 2 is 1.27 bits per heavy atom. The molecule has 4 aliphatic rings. The topological polar surface area (TPSA) is 76.4 Å². The average molecular weight is 549 g/mol. The number of rotatable bonds is 9. The number of aryl methyl sites for hydroxylation is 1. The van der Waals surface area contributed by atoms with Crippen molar-refractivity contribution >= 4 is 33.6 Å². The second-order valence-electron chi connectivity index (χ2n) is 11.6. The summed E-state index contributed by atoms with van der Waals surface area (Å²) in [5.74, 6) is 0.186. The Balaban J connectivity index is 1.29. The Kier molecular flexibility index (Phi) is 6.00. The summed E-state index contributed by atoms with van der Waals surface area (Å²) in [5, 5.41) is 4.45. The summed E-state index contributed by atoms with van der Waals surface area (Å²) in [7, 11) is 0. The highest BCUT2D eigenvalue weighted by atomic mass is 16.6. The van der Waals surface area contributed by atoms with Gasteiger partial charge in [-0.15, -0.1) is 0 Å². The Morgan fingerprint density at radius 1 is 0.756 bits per heavy atom. The molecule has 208 valence electrons. The number of hydrogen-bond donors (Lipinski definition) is 0. The molecule has 0 spiro atoms. The number of carbonyl (C=O) groups is 1. The van der Waals surface area contributed by atoms with Gasteiger partial charge < -0.3 is 23.7 Å².